The first kappa shape index (κ1) is 26.9. The minimum atomic E-state index is 0.773. The molecule has 0 spiro atoms. The molecular formula is C37H28Br2. The summed E-state index contributed by atoms with van der Waals surface area (Å²) >= 11 is 7.19. The van der Waals surface area contributed by atoms with Crippen LogP contribution in [0.2, 0.25) is 0 Å². The molecule has 0 heterocycles. The van der Waals surface area contributed by atoms with Gasteiger partial charge in [0, 0.05) is 8.95 Å². The van der Waals surface area contributed by atoms with E-state index in [1.54, 1.807) is 0 Å². The maximum atomic E-state index is 3.59. The minimum absolute atomic E-state index is 0.773. The highest BCUT2D eigenvalue weighted by Gasteiger charge is 2.12. The van der Waals surface area contributed by atoms with Gasteiger partial charge >= 0.3 is 0 Å². The van der Waals surface area contributed by atoms with Gasteiger partial charge in [0.1, 0.15) is 0 Å². The van der Waals surface area contributed by atoms with Crippen molar-refractivity contribution in [1.82, 2.24) is 0 Å². The number of rotatable bonds is 8. The van der Waals surface area contributed by atoms with E-state index in [2.05, 4.69) is 190 Å². The van der Waals surface area contributed by atoms with Gasteiger partial charge in [-0.1, -0.05) is 165 Å². The van der Waals surface area contributed by atoms with Crippen LogP contribution in [0.1, 0.15) is 34.2 Å². The third kappa shape index (κ3) is 7.23. The summed E-state index contributed by atoms with van der Waals surface area (Å²) < 4.78 is 2.15. The maximum absolute atomic E-state index is 3.59. The van der Waals surface area contributed by atoms with E-state index < -0.39 is 0 Å². The molecule has 0 atom stereocenters. The second-order valence-electron chi connectivity index (χ2n) is 9.20. The van der Waals surface area contributed by atoms with Crippen LogP contribution in [0.4, 0.5) is 0 Å². The molecule has 190 valence electrons. The number of hydrogen-bond donors (Lipinski definition) is 0. The molecule has 0 aliphatic rings. The summed E-state index contributed by atoms with van der Waals surface area (Å²) in [5.74, 6) is 0. The number of benzene rings is 5. The zero-order chi connectivity index (χ0) is 26.9. The molecule has 0 nitrogen and oxygen atoms in total. The summed E-state index contributed by atoms with van der Waals surface area (Å²) in [6, 6.07) is 49.0. The van der Waals surface area contributed by atoms with Gasteiger partial charge in [-0.25, -0.2) is 0 Å². The van der Waals surface area contributed by atoms with E-state index in [-0.39, 0.29) is 0 Å². The Bertz CT molecular complexity index is 1530. The predicted octanol–water partition coefficient (Wildman–Crippen LogP) is 11.4. The smallest absolute Gasteiger partial charge is 0.0175 e. The van der Waals surface area contributed by atoms with Crippen molar-refractivity contribution in [3.63, 3.8) is 0 Å². The first-order valence-electron chi connectivity index (χ1n) is 13.0. The average molecular weight is 632 g/mol. The van der Waals surface area contributed by atoms with Gasteiger partial charge in [0.15, 0.2) is 0 Å². The van der Waals surface area contributed by atoms with Crippen molar-refractivity contribution in [3.8, 4) is 0 Å². The Morgan fingerprint density at radius 3 is 1.46 bits per heavy atom. The zero-order valence-corrected chi connectivity index (χ0v) is 24.6. The molecule has 0 aliphatic heterocycles. The van der Waals surface area contributed by atoms with E-state index in [1.807, 2.05) is 0 Å². The Kier molecular flexibility index (Phi) is 9.21. The van der Waals surface area contributed by atoms with Gasteiger partial charge in [0.05, 0.1) is 0 Å². The van der Waals surface area contributed by atoms with Crippen molar-refractivity contribution in [2.24, 2.45) is 0 Å². The van der Waals surface area contributed by atoms with Gasteiger partial charge in [-0.05, 0) is 75.2 Å². The lowest BCUT2D eigenvalue weighted by Gasteiger charge is -2.15. The molecular weight excluding hydrogens is 604 g/mol. The lowest BCUT2D eigenvalue weighted by Crippen LogP contribution is -1.93. The highest BCUT2D eigenvalue weighted by molar-refractivity contribution is 9.10. The van der Waals surface area contributed by atoms with Crippen LogP contribution < -0.4 is 0 Å². The fourth-order valence-electron chi connectivity index (χ4n) is 4.62. The van der Waals surface area contributed by atoms with Crippen molar-refractivity contribution in [2.45, 2.75) is 6.42 Å². The highest BCUT2D eigenvalue weighted by Crippen LogP contribution is 2.34. The molecule has 0 saturated heterocycles. The van der Waals surface area contributed by atoms with E-state index >= 15 is 0 Å². The van der Waals surface area contributed by atoms with Crippen LogP contribution in [0.15, 0.2) is 161 Å². The molecule has 5 rings (SSSR count). The van der Waals surface area contributed by atoms with Gasteiger partial charge in [-0.15, -0.1) is 0 Å². The fourth-order valence-corrected chi connectivity index (χ4v) is 5.15. The van der Waals surface area contributed by atoms with E-state index in [9.17, 15) is 0 Å². The van der Waals surface area contributed by atoms with E-state index in [0.29, 0.717) is 0 Å². The van der Waals surface area contributed by atoms with Crippen LogP contribution in [0, 0.1) is 0 Å². The molecule has 0 N–H and O–H groups in total. The van der Waals surface area contributed by atoms with E-state index in [0.717, 1.165) is 15.4 Å². The molecule has 0 unspecified atom stereocenters. The van der Waals surface area contributed by atoms with Crippen LogP contribution in [-0.4, -0.2) is 0 Å². The van der Waals surface area contributed by atoms with Crippen molar-refractivity contribution in [3.05, 3.63) is 188 Å². The monoisotopic (exact) mass is 630 g/mol. The van der Waals surface area contributed by atoms with E-state index in [4.69, 9.17) is 0 Å². The highest BCUT2D eigenvalue weighted by atomic mass is 79.9. The van der Waals surface area contributed by atoms with Gasteiger partial charge in [0.25, 0.3) is 0 Å². The number of halogens is 2. The molecule has 0 aliphatic carbocycles. The Labute approximate surface area is 248 Å². The molecule has 0 amide bonds. The van der Waals surface area contributed by atoms with Gasteiger partial charge in [0.2, 0.25) is 0 Å². The van der Waals surface area contributed by atoms with E-state index in [1.165, 1.54) is 44.5 Å². The summed E-state index contributed by atoms with van der Waals surface area (Å²) in [5.41, 5.74) is 9.68. The van der Waals surface area contributed by atoms with Gasteiger partial charge in [-0.3, -0.25) is 0 Å². The molecule has 0 radical (unpaired) electrons. The van der Waals surface area contributed by atoms with Gasteiger partial charge in [-0.2, -0.15) is 0 Å². The van der Waals surface area contributed by atoms with Crippen molar-refractivity contribution in [1.29, 1.82) is 0 Å². The first-order chi connectivity index (χ1) is 19.2. The zero-order valence-electron chi connectivity index (χ0n) is 21.5. The van der Waals surface area contributed by atoms with Crippen LogP contribution in [-0.2, 0) is 0 Å². The summed E-state index contributed by atoms with van der Waals surface area (Å²) in [4.78, 5) is 0. The summed E-state index contributed by atoms with van der Waals surface area (Å²) in [5, 5.41) is 0. The molecule has 5 aromatic rings. The molecule has 0 saturated carbocycles. The Hall–Kier alpha value is -3.72. The van der Waals surface area contributed by atoms with Crippen LogP contribution in [0.5, 0.6) is 0 Å². The summed E-state index contributed by atoms with van der Waals surface area (Å²) in [7, 11) is 0. The topological polar surface area (TPSA) is 0 Å². The lowest BCUT2D eigenvalue weighted by molar-refractivity contribution is 1.37. The Balaban J connectivity index is 1.68. The molecule has 0 aromatic heterocycles. The second kappa shape index (κ2) is 13.4. The Morgan fingerprint density at radius 2 is 0.949 bits per heavy atom. The normalized spacial score (nSPS) is 11.7. The largest absolute Gasteiger partial charge is 0.0716 e. The molecule has 0 bridgehead atoms. The standard InChI is InChI=1S/C37H28Br2/c38-33-21-17-31(18-22-33)35(32-19-23-34(39)24-20-32)26-27-37(30-14-8-3-9-15-30)36(29-12-6-2-7-13-29)25-16-28-10-4-1-5-11-28/h1-26H,27H2/b25-16+,37-36-. The summed E-state index contributed by atoms with van der Waals surface area (Å²) in [6.07, 6.45) is 7.61. The minimum Gasteiger partial charge on any atom is -0.0716 e. The van der Waals surface area contributed by atoms with Crippen LogP contribution in [0.25, 0.3) is 22.8 Å². The van der Waals surface area contributed by atoms with Crippen molar-refractivity contribution < 1.29 is 0 Å². The maximum Gasteiger partial charge on any atom is 0.0175 e. The summed E-state index contributed by atoms with van der Waals surface area (Å²) in [6.45, 7) is 0. The number of hydrogen-bond acceptors (Lipinski definition) is 0. The average Bonchev–Trinajstić information content (AvgIpc) is 2.99. The molecule has 39 heavy (non-hydrogen) atoms. The van der Waals surface area contributed by atoms with Crippen LogP contribution >= 0.6 is 31.9 Å². The van der Waals surface area contributed by atoms with Crippen molar-refractivity contribution >= 4 is 54.7 Å². The SMILES string of the molecule is Brc1ccc(C(=CC/C(=C(\C=C\c2ccccc2)c2ccccc2)c2ccccc2)c2ccc(Br)cc2)cc1. The Morgan fingerprint density at radius 1 is 0.487 bits per heavy atom. The first-order valence-corrected chi connectivity index (χ1v) is 14.5. The lowest BCUT2D eigenvalue weighted by atomic mass is 9.89. The third-order valence-electron chi connectivity index (χ3n) is 6.59. The fraction of sp³-hybridized carbons (Fsp3) is 0.0270. The third-order valence-corrected chi connectivity index (χ3v) is 7.65. The molecule has 0 fully saturated rings. The predicted molar refractivity (Wildman–Crippen MR) is 175 cm³/mol. The number of allylic oxidation sites excluding steroid dienone is 4. The second-order valence-corrected chi connectivity index (χ2v) is 11.0. The van der Waals surface area contributed by atoms with Gasteiger partial charge < -0.3 is 0 Å². The molecule has 5 aromatic carbocycles. The quantitative estimate of drug-likeness (QED) is 0.118. The van der Waals surface area contributed by atoms with Crippen molar-refractivity contribution in [2.75, 3.05) is 0 Å². The molecule has 2 heteroatoms. The van der Waals surface area contributed by atoms with Crippen LogP contribution in [0.3, 0.4) is 0 Å².